The fraction of sp³-hybridized carbons (Fsp3) is 0.222. The van der Waals surface area contributed by atoms with Gasteiger partial charge in [0, 0.05) is 12.5 Å². The first-order valence-corrected chi connectivity index (χ1v) is 4.37. The summed E-state index contributed by atoms with van der Waals surface area (Å²) in [7, 11) is 0. The number of rotatable bonds is 3. The van der Waals surface area contributed by atoms with Crippen LogP contribution in [0.15, 0.2) is 18.2 Å². The predicted molar refractivity (Wildman–Crippen MR) is 49.2 cm³/mol. The highest BCUT2D eigenvalue weighted by atomic mass is 32.1. The van der Waals surface area contributed by atoms with Crippen molar-refractivity contribution in [2.24, 2.45) is 0 Å². The molecule has 1 rings (SSSR count). The zero-order valence-corrected chi connectivity index (χ0v) is 7.65. The van der Waals surface area contributed by atoms with Crippen LogP contribution in [0.4, 0.5) is 8.78 Å². The third-order valence-corrected chi connectivity index (χ3v) is 1.79. The van der Waals surface area contributed by atoms with Crippen LogP contribution in [0.3, 0.4) is 0 Å². The number of hydrogen-bond acceptors (Lipinski definition) is 2. The molecule has 0 saturated carbocycles. The van der Waals surface area contributed by atoms with E-state index in [2.05, 4.69) is 12.6 Å². The summed E-state index contributed by atoms with van der Waals surface area (Å²) in [4.78, 5) is 11.2. The molecule has 0 bridgehead atoms. The first kappa shape index (κ1) is 10.2. The average Bonchev–Trinajstić information content (AvgIpc) is 2.04. The summed E-state index contributed by atoms with van der Waals surface area (Å²) in [6.07, 6.45) is 0.158. The molecule has 1 nitrogen and oxygen atoms in total. The number of ketones is 1. The number of thiol groups is 1. The van der Waals surface area contributed by atoms with Crippen molar-refractivity contribution >= 4 is 18.4 Å². The van der Waals surface area contributed by atoms with E-state index in [4.69, 9.17) is 0 Å². The van der Waals surface area contributed by atoms with Crippen molar-refractivity contribution in [1.82, 2.24) is 0 Å². The van der Waals surface area contributed by atoms with Crippen LogP contribution in [0.1, 0.15) is 16.8 Å². The Morgan fingerprint density at radius 1 is 1.38 bits per heavy atom. The molecule has 4 heteroatoms. The molecular formula is C9H8F2OS. The lowest BCUT2D eigenvalue weighted by Gasteiger charge is -2.00. The topological polar surface area (TPSA) is 17.1 Å². The van der Waals surface area contributed by atoms with E-state index in [1.807, 2.05) is 0 Å². The summed E-state index contributed by atoms with van der Waals surface area (Å²) in [6, 6.07) is 2.91. The summed E-state index contributed by atoms with van der Waals surface area (Å²) < 4.78 is 25.4. The summed E-state index contributed by atoms with van der Waals surface area (Å²) >= 11 is 3.85. The number of hydrogen-bond donors (Lipinski definition) is 1. The van der Waals surface area contributed by atoms with Gasteiger partial charge in [-0.2, -0.15) is 12.6 Å². The molecule has 13 heavy (non-hydrogen) atoms. The SMILES string of the molecule is O=C(CCS)c1ccc(F)cc1F. The molecule has 0 aliphatic carbocycles. The lowest BCUT2D eigenvalue weighted by atomic mass is 10.1. The van der Waals surface area contributed by atoms with Crippen molar-refractivity contribution in [3.05, 3.63) is 35.4 Å². The standard InChI is InChI=1S/C9H8F2OS/c10-6-1-2-7(8(11)5-6)9(12)3-4-13/h1-2,5,13H,3-4H2. The van der Waals surface area contributed by atoms with Gasteiger partial charge in [-0.15, -0.1) is 0 Å². The smallest absolute Gasteiger partial charge is 0.166 e. The van der Waals surface area contributed by atoms with Gasteiger partial charge in [0.25, 0.3) is 0 Å². The highest BCUT2D eigenvalue weighted by Gasteiger charge is 2.10. The molecule has 0 amide bonds. The van der Waals surface area contributed by atoms with Crippen LogP contribution in [0.2, 0.25) is 0 Å². The molecule has 1 aromatic rings. The summed E-state index contributed by atoms with van der Waals surface area (Å²) in [6.45, 7) is 0. The molecule has 0 aliphatic rings. The van der Waals surface area contributed by atoms with E-state index in [0.29, 0.717) is 11.8 Å². The van der Waals surface area contributed by atoms with Gasteiger partial charge in [-0.05, 0) is 17.9 Å². The van der Waals surface area contributed by atoms with Gasteiger partial charge >= 0.3 is 0 Å². The molecule has 0 fully saturated rings. The molecule has 1 aromatic carbocycles. The lowest BCUT2D eigenvalue weighted by Crippen LogP contribution is -2.03. The maximum atomic E-state index is 12.9. The Kier molecular flexibility index (Phi) is 3.42. The van der Waals surface area contributed by atoms with E-state index in [1.165, 1.54) is 0 Å². The van der Waals surface area contributed by atoms with Gasteiger partial charge < -0.3 is 0 Å². The first-order valence-electron chi connectivity index (χ1n) is 3.74. The molecule has 0 heterocycles. The minimum absolute atomic E-state index is 0.0737. The second kappa shape index (κ2) is 4.37. The van der Waals surface area contributed by atoms with Crippen LogP contribution < -0.4 is 0 Å². The van der Waals surface area contributed by atoms with E-state index in [-0.39, 0.29) is 17.8 Å². The average molecular weight is 202 g/mol. The fourth-order valence-electron chi connectivity index (χ4n) is 0.952. The maximum Gasteiger partial charge on any atom is 0.166 e. The molecule has 0 aliphatic heterocycles. The summed E-state index contributed by atoms with van der Waals surface area (Å²) in [5.41, 5.74) is -0.0737. The zero-order valence-electron chi connectivity index (χ0n) is 6.76. The molecule has 0 spiro atoms. The Morgan fingerprint density at radius 2 is 2.08 bits per heavy atom. The highest BCUT2D eigenvalue weighted by Crippen LogP contribution is 2.11. The van der Waals surface area contributed by atoms with Gasteiger partial charge in [0.15, 0.2) is 5.78 Å². The Bertz CT molecular complexity index is 325. The van der Waals surface area contributed by atoms with E-state index in [0.717, 1.165) is 12.1 Å². The largest absolute Gasteiger partial charge is 0.294 e. The Labute approximate surface area is 80.2 Å². The first-order chi connectivity index (χ1) is 6.15. The van der Waals surface area contributed by atoms with Crippen molar-refractivity contribution in [1.29, 1.82) is 0 Å². The Hall–Kier alpha value is -0.900. The minimum Gasteiger partial charge on any atom is -0.294 e. The number of Topliss-reactive ketones (excluding diaryl/α,β-unsaturated/α-hetero) is 1. The fourth-order valence-corrected chi connectivity index (χ4v) is 1.15. The minimum atomic E-state index is -0.813. The van der Waals surface area contributed by atoms with Crippen LogP contribution in [-0.4, -0.2) is 11.5 Å². The predicted octanol–water partition coefficient (Wildman–Crippen LogP) is 2.47. The third kappa shape index (κ3) is 2.52. The molecular weight excluding hydrogens is 194 g/mol. The summed E-state index contributed by atoms with van der Waals surface area (Å²) in [5.74, 6) is -1.49. The number of carbonyl (C=O) groups is 1. The molecule has 0 atom stereocenters. The maximum absolute atomic E-state index is 12.9. The van der Waals surface area contributed by atoms with Gasteiger partial charge in [0.2, 0.25) is 0 Å². The quantitative estimate of drug-likeness (QED) is 0.588. The van der Waals surface area contributed by atoms with Crippen LogP contribution >= 0.6 is 12.6 Å². The van der Waals surface area contributed by atoms with Crippen molar-refractivity contribution in [3.8, 4) is 0 Å². The highest BCUT2D eigenvalue weighted by molar-refractivity contribution is 7.80. The van der Waals surface area contributed by atoms with Crippen molar-refractivity contribution in [2.75, 3.05) is 5.75 Å². The molecule has 0 N–H and O–H groups in total. The van der Waals surface area contributed by atoms with Gasteiger partial charge in [0.1, 0.15) is 11.6 Å². The van der Waals surface area contributed by atoms with E-state index in [1.54, 1.807) is 0 Å². The van der Waals surface area contributed by atoms with Gasteiger partial charge in [-0.1, -0.05) is 0 Å². The zero-order chi connectivity index (χ0) is 9.84. The molecule has 0 saturated heterocycles. The van der Waals surface area contributed by atoms with E-state index >= 15 is 0 Å². The van der Waals surface area contributed by atoms with Gasteiger partial charge in [-0.3, -0.25) is 4.79 Å². The van der Waals surface area contributed by atoms with Crippen LogP contribution in [0.5, 0.6) is 0 Å². The van der Waals surface area contributed by atoms with Crippen LogP contribution in [0, 0.1) is 11.6 Å². The normalized spacial score (nSPS) is 10.1. The Morgan fingerprint density at radius 3 is 2.62 bits per heavy atom. The van der Waals surface area contributed by atoms with Crippen molar-refractivity contribution in [2.45, 2.75) is 6.42 Å². The van der Waals surface area contributed by atoms with E-state index < -0.39 is 11.6 Å². The van der Waals surface area contributed by atoms with Crippen molar-refractivity contribution in [3.63, 3.8) is 0 Å². The molecule has 70 valence electrons. The monoisotopic (exact) mass is 202 g/mol. The number of halogens is 2. The van der Waals surface area contributed by atoms with Gasteiger partial charge in [-0.25, -0.2) is 8.78 Å². The second-order valence-electron chi connectivity index (χ2n) is 2.52. The second-order valence-corrected chi connectivity index (χ2v) is 2.97. The number of carbonyl (C=O) groups excluding carboxylic acids is 1. The molecule has 0 aromatic heterocycles. The van der Waals surface area contributed by atoms with Crippen LogP contribution in [0.25, 0.3) is 0 Å². The van der Waals surface area contributed by atoms with Crippen LogP contribution in [-0.2, 0) is 0 Å². The molecule has 0 radical (unpaired) electrons. The lowest BCUT2D eigenvalue weighted by molar-refractivity contribution is 0.0985. The van der Waals surface area contributed by atoms with Crippen molar-refractivity contribution < 1.29 is 13.6 Å². The summed E-state index contributed by atoms with van der Waals surface area (Å²) in [5, 5.41) is 0. The Balaban J connectivity index is 2.95. The number of benzene rings is 1. The molecule has 0 unspecified atom stereocenters. The third-order valence-electron chi connectivity index (χ3n) is 1.57. The van der Waals surface area contributed by atoms with Gasteiger partial charge in [0.05, 0.1) is 5.56 Å². The van der Waals surface area contributed by atoms with E-state index in [9.17, 15) is 13.6 Å².